The summed E-state index contributed by atoms with van der Waals surface area (Å²) in [5.74, 6) is 0.222. The largest absolute Gasteiger partial charge is 0.342 e. The number of aryl methyl sites for hydroxylation is 1. The first-order chi connectivity index (χ1) is 9.10. The van der Waals surface area contributed by atoms with Crippen molar-refractivity contribution in [3.05, 3.63) is 35.4 Å². The summed E-state index contributed by atoms with van der Waals surface area (Å²) in [5, 5.41) is 0. The van der Waals surface area contributed by atoms with Gasteiger partial charge in [-0.2, -0.15) is 0 Å². The van der Waals surface area contributed by atoms with Crippen LogP contribution in [0.25, 0.3) is 0 Å². The highest BCUT2D eigenvalue weighted by Crippen LogP contribution is 2.08. The van der Waals surface area contributed by atoms with Crippen LogP contribution in [0, 0.1) is 6.92 Å². The number of amides is 1. The van der Waals surface area contributed by atoms with Crippen molar-refractivity contribution >= 4 is 5.91 Å². The van der Waals surface area contributed by atoms with Crippen LogP contribution in [0.15, 0.2) is 24.3 Å². The lowest BCUT2D eigenvalue weighted by molar-refractivity contribution is -0.132. The minimum Gasteiger partial charge on any atom is -0.342 e. The molecule has 3 heteroatoms. The Morgan fingerprint density at radius 2 is 1.79 bits per heavy atom. The van der Waals surface area contributed by atoms with Crippen LogP contribution in [0.4, 0.5) is 0 Å². The topological polar surface area (TPSA) is 23.6 Å². The van der Waals surface area contributed by atoms with Crippen LogP contribution in [0.2, 0.25) is 0 Å². The number of hydrogen-bond donors (Lipinski definition) is 0. The lowest BCUT2D eigenvalue weighted by atomic mass is 10.1. The standard InChI is InChI=1S/C16H26N2O/c1-5-17(13-16(19)18(6-2)7-3)12-15-10-8-9-14(4)11-15/h8-11H,5-7,12-13H2,1-4H3. The van der Waals surface area contributed by atoms with Crippen LogP contribution in [0.1, 0.15) is 31.9 Å². The van der Waals surface area contributed by atoms with Crippen molar-refractivity contribution in [2.24, 2.45) is 0 Å². The number of hydrogen-bond acceptors (Lipinski definition) is 2. The molecule has 0 spiro atoms. The first-order valence-corrected chi connectivity index (χ1v) is 7.16. The van der Waals surface area contributed by atoms with Crippen LogP contribution in [-0.2, 0) is 11.3 Å². The van der Waals surface area contributed by atoms with Crippen molar-refractivity contribution in [1.82, 2.24) is 9.80 Å². The van der Waals surface area contributed by atoms with Crippen molar-refractivity contribution in [3.8, 4) is 0 Å². The third kappa shape index (κ3) is 5.03. The maximum absolute atomic E-state index is 12.1. The number of rotatable bonds is 7. The zero-order valence-electron chi connectivity index (χ0n) is 12.6. The van der Waals surface area contributed by atoms with Crippen molar-refractivity contribution < 1.29 is 4.79 Å². The highest BCUT2D eigenvalue weighted by molar-refractivity contribution is 5.78. The molecule has 0 saturated carbocycles. The molecule has 0 fully saturated rings. The predicted octanol–water partition coefficient (Wildman–Crippen LogP) is 2.69. The van der Waals surface area contributed by atoms with Crippen molar-refractivity contribution in [3.63, 3.8) is 0 Å². The fourth-order valence-corrected chi connectivity index (χ4v) is 2.22. The molecule has 3 nitrogen and oxygen atoms in total. The van der Waals surface area contributed by atoms with Crippen LogP contribution in [0.3, 0.4) is 0 Å². The van der Waals surface area contributed by atoms with Gasteiger partial charge in [0, 0.05) is 19.6 Å². The van der Waals surface area contributed by atoms with Gasteiger partial charge in [0.15, 0.2) is 0 Å². The lowest BCUT2D eigenvalue weighted by Crippen LogP contribution is -2.39. The van der Waals surface area contributed by atoms with E-state index >= 15 is 0 Å². The van der Waals surface area contributed by atoms with Crippen LogP contribution >= 0.6 is 0 Å². The fourth-order valence-electron chi connectivity index (χ4n) is 2.22. The average Bonchev–Trinajstić information content (AvgIpc) is 2.39. The summed E-state index contributed by atoms with van der Waals surface area (Å²) >= 11 is 0. The van der Waals surface area contributed by atoms with Crippen LogP contribution in [0.5, 0.6) is 0 Å². The Balaban J connectivity index is 2.61. The van der Waals surface area contributed by atoms with Crippen LogP contribution < -0.4 is 0 Å². The molecular weight excluding hydrogens is 236 g/mol. The monoisotopic (exact) mass is 262 g/mol. The van der Waals surface area contributed by atoms with Gasteiger partial charge >= 0.3 is 0 Å². The van der Waals surface area contributed by atoms with E-state index in [-0.39, 0.29) is 5.91 Å². The quantitative estimate of drug-likeness (QED) is 0.754. The fraction of sp³-hybridized carbons (Fsp3) is 0.562. The Morgan fingerprint density at radius 1 is 1.11 bits per heavy atom. The molecule has 0 aliphatic carbocycles. The molecule has 106 valence electrons. The summed E-state index contributed by atoms with van der Waals surface area (Å²) in [6.07, 6.45) is 0. The molecule has 0 unspecified atom stereocenters. The van der Waals surface area contributed by atoms with Gasteiger partial charge in [-0.05, 0) is 32.9 Å². The van der Waals surface area contributed by atoms with E-state index in [4.69, 9.17) is 0 Å². The lowest BCUT2D eigenvalue weighted by Gasteiger charge is -2.25. The minimum absolute atomic E-state index is 0.222. The molecule has 0 saturated heterocycles. The molecule has 0 heterocycles. The third-order valence-electron chi connectivity index (χ3n) is 3.41. The number of benzene rings is 1. The van der Waals surface area contributed by atoms with Crippen molar-refractivity contribution in [1.29, 1.82) is 0 Å². The second-order valence-electron chi connectivity index (χ2n) is 4.86. The summed E-state index contributed by atoms with van der Waals surface area (Å²) < 4.78 is 0. The summed E-state index contributed by atoms with van der Waals surface area (Å²) in [5.41, 5.74) is 2.54. The Kier molecular flexibility index (Phi) is 6.57. The first kappa shape index (κ1) is 15.7. The molecule has 0 atom stereocenters. The van der Waals surface area contributed by atoms with Gasteiger partial charge in [0.05, 0.1) is 6.54 Å². The molecule has 0 N–H and O–H groups in total. The van der Waals surface area contributed by atoms with E-state index in [2.05, 4.69) is 43.0 Å². The summed E-state index contributed by atoms with van der Waals surface area (Å²) in [4.78, 5) is 16.2. The number of carbonyl (C=O) groups is 1. The summed E-state index contributed by atoms with van der Waals surface area (Å²) in [7, 11) is 0. The Hall–Kier alpha value is -1.35. The van der Waals surface area contributed by atoms with Gasteiger partial charge in [0.25, 0.3) is 0 Å². The van der Waals surface area contributed by atoms with Crippen LogP contribution in [-0.4, -0.2) is 41.9 Å². The minimum atomic E-state index is 0.222. The Bertz CT molecular complexity index is 399. The summed E-state index contributed by atoms with van der Waals surface area (Å²) in [6.45, 7) is 12.1. The van der Waals surface area contributed by atoms with E-state index in [1.165, 1.54) is 11.1 Å². The van der Waals surface area contributed by atoms with E-state index in [9.17, 15) is 4.79 Å². The maximum atomic E-state index is 12.1. The van der Waals surface area contributed by atoms with Gasteiger partial charge in [0.2, 0.25) is 5.91 Å². The molecule has 19 heavy (non-hydrogen) atoms. The normalized spacial score (nSPS) is 10.8. The smallest absolute Gasteiger partial charge is 0.236 e. The zero-order chi connectivity index (χ0) is 14.3. The molecule has 1 rings (SSSR count). The highest BCUT2D eigenvalue weighted by atomic mass is 16.2. The maximum Gasteiger partial charge on any atom is 0.236 e. The van der Waals surface area contributed by atoms with Gasteiger partial charge in [-0.15, -0.1) is 0 Å². The van der Waals surface area contributed by atoms with Gasteiger partial charge < -0.3 is 4.90 Å². The predicted molar refractivity (Wildman–Crippen MR) is 80.1 cm³/mol. The Morgan fingerprint density at radius 3 is 2.32 bits per heavy atom. The third-order valence-corrected chi connectivity index (χ3v) is 3.41. The summed E-state index contributed by atoms with van der Waals surface area (Å²) in [6, 6.07) is 8.48. The Labute approximate surface area is 117 Å². The van der Waals surface area contributed by atoms with Gasteiger partial charge in [-0.1, -0.05) is 36.8 Å². The van der Waals surface area contributed by atoms with Crippen molar-refractivity contribution in [2.45, 2.75) is 34.2 Å². The first-order valence-electron chi connectivity index (χ1n) is 7.16. The molecule has 1 aromatic rings. The number of carbonyl (C=O) groups excluding carboxylic acids is 1. The zero-order valence-corrected chi connectivity index (χ0v) is 12.6. The van der Waals surface area contributed by atoms with Gasteiger partial charge in [0.1, 0.15) is 0 Å². The molecule has 0 bridgehead atoms. The molecule has 0 aliphatic rings. The SMILES string of the molecule is CCN(CC(=O)N(CC)CC)Cc1cccc(C)c1. The number of nitrogens with zero attached hydrogens (tertiary/aromatic N) is 2. The molecule has 0 aliphatic heterocycles. The van der Waals surface area contributed by atoms with E-state index in [1.54, 1.807) is 0 Å². The number of likely N-dealkylation sites (N-methyl/N-ethyl adjacent to an activating group) is 2. The van der Waals surface area contributed by atoms with E-state index in [0.717, 1.165) is 26.2 Å². The second kappa shape index (κ2) is 7.95. The average molecular weight is 262 g/mol. The second-order valence-corrected chi connectivity index (χ2v) is 4.86. The molecule has 1 amide bonds. The van der Waals surface area contributed by atoms with E-state index < -0.39 is 0 Å². The molecule has 0 aromatic heterocycles. The van der Waals surface area contributed by atoms with E-state index in [0.29, 0.717) is 6.54 Å². The highest BCUT2D eigenvalue weighted by Gasteiger charge is 2.14. The van der Waals surface area contributed by atoms with Crippen molar-refractivity contribution in [2.75, 3.05) is 26.2 Å². The molecular formula is C16H26N2O. The molecule has 0 radical (unpaired) electrons. The van der Waals surface area contributed by atoms with Gasteiger partial charge in [-0.3, -0.25) is 9.69 Å². The van der Waals surface area contributed by atoms with E-state index in [1.807, 2.05) is 18.7 Å². The van der Waals surface area contributed by atoms with Gasteiger partial charge in [-0.25, -0.2) is 0 Å². The molecule has 1 aromatic carbocycles.